The SMILES string of the molecule is O=P(c1ccccc1)(c1ccccc1)c1ccc2c(c1)nc1c3ccc(P(=[Se])(c4ccccc4)c4ccccc4)cc3c3ccc(P(=[Se])(c4ccccc4)c4ccccc4)cc3n21. The van der Waals surface area contributed by atoms with Gasteiger partial charge in [0.25, 0.3) is 0 Å². The van der Waals surface area contributed by atoms with Crippen molar-refractivity contribution in [2.24, 2.45) is 0 Å². The number of imidazole rings is 1. The Hall–Kier alpha value is -5.42. The van der Waals surface area contributed by atoms with Crippen LogP contribution in [-0.2, 0) is 4.57 Å². The van der Waals surface area contributed by atoms with Gasteiger partial charge in [0.2, 0.25) is 0 Å². The van der Waals surface area contributed by atoms with Crippen molar-refractivity contribution in [1.82, 2.24) is 9.38 Å². The van der Waals surface area contributed by atoms with Gasteiger partial charge < -0.3 is 0 Å². The summed E-state index contributed by atoms with van der Waals surface area (Å²) in [4.78, 5) is 5.52. The molecule has 11 aromatic rings. The summed E-state index contributed by atoms with van der Waals surface area (Å²) in [6.45, 7) is 0. The molecular weight excluding hydrogens is 955 g/mol. The van der Waals surface area contributed by atoms with Gasteiger partial charge in [-0.05, 0) is 0 Å². The van der Waals surface area contributed by atoms with Crippen LogP contribution < -0.4 is 47.7 Å². The average Bonchev–Trinajstić information content (AvgIpc) is 3.76. The van der Waals surface area contributed by atoms with Crippen LogP contribution in [0, 0.1) is 0 Å². The number of fused-ring (bicyclic) bond motifs is 8. The minimum absolute atomic E-state index is 0.760. The Morgan fingerprint density at radius 2 is 0.714 bits per heavy atom. The quantitative estimate of drug-likeness (QED) is 0.0822. The summed E-state index contributed by atoms with van der Waals surface area (Å²) in [5.41, 5.74) is -0.682. The molecule has 0 aliphatic heterocycles. The van der Waals surface area contributed by atoms with Crippen molar-refractivity contribution >= 4 is 134 Å². The third-order valence-corrected chi connectivity index (χ3v) is 29.3. The van der Waals surface area contributed by atoms with E-state index in [-0.39, 0.29) is 0 Å². The molecular formula is C55H39N2OP3Se2. The number of benzene rings is 9. The first kappa shape index (κ1) is 40.4. The Morgan fingerprint density at radius 3 is 1.16 bits per heavy atom. The van der Waals surface area contributed by atoms with Gasteiger partial charge in [-0.2, -0.15) is 0 Å². The molecule has 11 rings (SSSR count). The molecule has 0 aliphatic rings. The van der Waals surface area contributed by atoms with Crippen LogP contribution in [0.15, 0.2) is 237 Å². The maximum atomic E-state index is 15.7. The van der Waals surface area contributed by atoms with Crippen LogP contribution in [0.5, 0.6) is 0 Å². The zero-order valence-corrected chi connectivity index (χ0v) is 40.1. The van der Waals surface area contributed by atoms with E-state index in [9.17, 15) is 0 Å². The van der Waals surface area contributed by atoms with Crippen LogP contribution in [0.25, 0.3) is 38.4 Å². The van der Waals surface area contributed by atoms with Crippen LogP contribution in [0.1, 0.15) is 0 Å². The molecule has 0 fully saturated rings. The van der Waals surface area contributed by atoms with Gasteiger partial charge in [0.1, 0.15) is 0 Å². The summed E-state index contributed by atoms with van der Waals surface area (Å²) in [5, 5.41) is 13.3. The Bertz CT molecular complexity index is 3510. The summed E-state index contributed by atoms with van der Waals surface area (Å²) in [6.07, 6.45) is 0. The molecule has 0 bridgehead atoms. The fourth-order valence-electron chi connectivity index (χ4n) is 9.13. The Labute approximate surface area is 382 Å². The Morgan fingerprint density at radius 1 is 0.333 bits per heavy atom. The minimum atomic E-state index is -3.25. The standard InChI is InChI=1S/C55H39N2OP3Se2/c58-59(40-19-7-1-8-20-40,41-21-9-2-10-22-41)46-33-36-53-52(38-46)56-55-50-35-32-47(60(62,42-23-11-3-12-24-42)43-25-13-4-14-26-43)37-51(50)49-34-31-48(39-54(49)57(53)55)61(63,44-27-15-5-16-28-44)45-29-17-6-18-30-45/h1-39H. The van der Waals surface area contributed by atoms with Crippen molar-refractivity contribution in [1.29, 1.82) is 0 Å². The van der Waals surface area contributed by atoms with Gasteiger partial charge in [0.15, 0.2) is 0 Å². The second-order valence-electron chi connectivity index (χ2n) is 15.7. The van der Waals surface area contributed by atoms with Gasteiger partial charge in [-0.3, -0.25) is 0 Å². The molecule has 0 saturated carbocycles. The summed E-state index contributed by atoms with van der Waals surface area (Å²) in [7, 11) is -3.25. The average molecular weight is 995 g/mol. The van der Waals surface area contributed by atoms with E-state index in [1.165, 1.54) is 31.8 Å². The van der Waals surface area contributed by atoms with Gasteiger partial charge in [-0.1, -0.05) is 36.4 Å². The molecule has 0 radical (unpaired) electrons. The van der Waals surface area contributed by atoms with E-state index < -0.39 is 18.2 Å². The second kappa shape index (κ2) is 16.3. The Balaban J connectivity index is 1.23. The molecule has 0 atom stereocenters. The molecule has 8 heteroatoms. The number of pyridine rings is 1. The molecule has 0 saturated heterocycles. The predicted molar refractivity (Wildman–Crippen MR) is 276 cm³/mol. The van der Waals surface area contributed by atoms with Crippen molar-refractivity contribution in [3.05, 3.63) is 237 Å². The number of rotatable bonds is 9. The molecule has 0 amide bonds. The molecule has 63 heavy (non-hydrogen) atoms. The first-order valence-electron chi connectivity index (χ1n) is 20.9. The molecule has 2 aromatic heterocycles. The van der Waals surface area contributed by atoms with Crippen molar-refractivity contribution in [2.75, 3.05) is 0 Å². The van der Waals surface area contributed by atoms with Crippen LogP contribution in [0.3, 0.4) is 0 Å². The van der Waals surface area contributed by atoms with E-state index in [0.717, 1.165) is 54.3 Å². The van der Waals surface area contributed by atoms with E-state index in [1.807, 2.05) is 60.7 Å². The van der Waals surface area contributed by atoms with E-state index in [1.54, 1.807) is 0 Å². The first-order valence-corrected chi connectivity index (χ1v) is 30.6. The fraction of sp³-hybridized carbons (Fsp3) is 0. The van der Waals surface area contributed by atoms with E-state index in [0.29, 0.717) is 0 Å². The molecule has 3 nitrogen and oxygen atoms in total. The van der Waals surface area contributed by atoms with Gasteiger partial charge in [0.05, 0.1) is 0 Å². The molecule has 9 aromatic carbocycles. The summed E-state index contributed by atoms with van der Waals surface area (Å²) < 4.78 is 18.0. The molecule has 0 aliphatic carbocycles. The summed E-state index contributed by atoms with van der Waals surface area (Å²) in [6, 6.07) is 83.6. The topological polar surface area (TPSA) is 34.4 Å². The monoisotopic (exact) mass is 996 g/mol. The number of aromatic nitrogens is 2. The third-order valence-electron chi connectivity index (χ3n) is 12.2. The van der Waals surface area contributed by atoms with Gasteiger partial charge in [0, 0.05) is 0 Å². The number of nitrogens with zero attached hydrogens (tertiary/aromatic N) is 2. The fourth-order valence-corrected chi connectivity index (χ4v) is 21.6. The number of hydrogen-bond acceptors (Lipinski definition) is 2. The molecule has 302 valence electrons. The van der Waals surface area contributed by atoms with E-state index in [4.69, 9.17) is 4.98 Å². The normalized spacial score (nSPS) is 12.3. The van der Waals surface area contributed by atoms with Gasteiger partial charge >= 0.3 is 349 Å². The molecule has 0 N–H and O–H groups in total. The van der Waals surface area contributed by atoms with Crippen molar-refractivity contribution in [3.63, 3.8) is 0 Å². The van der Waals surface area contributed by atoms with E-state index in [2.05, 4.69) is 211 Å². The third kappa shape index (κ3) is 6.62. The van der Waals surface area contributed by atoms with Crippen LogP contribution in [0.4, 0.5) is 0 Å². The maximum absolute atomic E-state index is 15.7. The summed E-state index contributed by atoms with van der Waals surface area (Å²) >= 11 is 7.58. The zero-order chi connectivity index (χ0) is 42.6. The Kier molecular flexibility index (Phi) is 10.4. The van der Waals surface area contributed by atoms with Crippen molar-refractivity contribution in [3.8, 4) is 0 Å². The van der Waals surface area contributed by atoms with Crippen molar-refractivity contribution < 1.29 is 4.57 Å². The van der Waals surface area contributed by atoms with E-state index >= 15 is 4.57 Å². The molecule has 2 heterocycles. The second-order valence-corrected chi connectivity index (χ2v) is 30.9. The van der Waals surface area contributed by atoms with Crippen molar-refractivity contribution in [2.45, 2.75) is 0 Å². The molecule has 0 spiro atoms. The predicted octanol–water partition coefficient (Wildman–Crippen LogP) is 9.19. The molecule has 0 unspecified atom stereocenters. The van der Waals surface area contributed by atoms with Crippen LogP contribution in [0.2, 0.25) is 0 Å². The van der Waals surface area contributed by atoms with Gasteiger partial charge in [-0.15, -0.1) is 0 Å². The van der Waals surface area contributed by atoms with Crippen LogP contribution in [-0.4, -0.2) is 39.6 Å². The van der Waals surface area contributed by atoms with Gasteiger partial charge in [-0.25, -0.2) is 0 Å². The van der Waals surface area contributed by atoms with Crippen LogP contribution >= 0.6 is 18.2 Å². The number of hydrogen-bond donors (Lipinski definition) is 0. The summed E-state index contributed by atoms with van der Waals surface area (Å²) in [5.74, 6) is 0. The zero-order valence-electron chi connectivity index (χ0n) is 34.0. The first-order chi connectivity index (χ1) is 30.9.